The van der Waals surface area contributed by atoms with Crippen molar-refractivity contribution in [1.82, 2.24) is 9.97 Å². The summed E-state index contributed by atoms with van der Waals surface area (Å²) in [6, 6.07) is 10.5. The van der Waals surface area contributed by atoms with Crippen molar-refractivity contribution in [3.8, 4) is 0 Å². The number of piperidine rings is 1. The lowest BCUT2D eigenvalue weighted by Gasteiger charge is -2.36. The first kappa shape index (κ1) is 17.0. The number of nitrogens with zero attached hydrogens (tertiary/aromatic N) is 3. The third-order valence-corrected chi connectivity index (χ3v) is 5.00. The number of hydrogen-bond donors (Lipinski definition) is 1. The molecule has 0 amide bonds. The summed E-state index contributed by atoms with van der Waals surface area (Å²) < 4.78 is 0. The fourth-order valence-electron chi connectivity index (χ4n) is 3.34. The highest BCUT2D eigenvalue weighted by Crippen LogP contribution is 2.27. The van der Waals surface area contributed by atoms with Gasteiger partial charge in [-0.25, -0.2) is 9.97 Å². The second-order valence-corrected chi connectivity index (χ2v) is 6.76. The van der Waals surface area contributed by atoms with E-state index in [1.54, 1.807) is 0 Å². The van der Waals surface area contributed by atoms with E-state index in [4.69, 9.17) is 11.6 Å². The van der Waals surface area contributed by atoms with E-state index >= 15 is 0 Å². The number of aryl methyl sites for hydroxylation is 1. The maximum Gasteiger partial charge on any atom is 0.134 e. The number of halogens is 1. The molecule has 0 radical (unpaired) electrons. The van der Waals surface area contributed by atoms with Gasteiger partial charge in [0.05, 0.1) is 0 Å². The molecule has 1 aliphatic rings. The Morgan fingerprint density at radius 3 is 2.88 bits per heavy atom. The van der Waals surface area contributed by atoms with Gasteiger partial charge in [-0.05, 0) is 44.2 Å². The molecule has 0 saturated carbocycles. The number of hydrogen-bond acceptors (Lipinski definition) is 4. The average Bonchev–Trinajstić information content (AvgIpc) is 2.60. The minimum Gasteiger partial charge on any atom is -0.366 e. The van der Waals surface area contributed by atoms with E-state index in [1.165, 1.54) is 19.3 Å². The summed E-state index contributed by atoms with van der Waals surface area (Å²) in [4.78, 5) is 11.7. The first-order valence-corrected chi connectivity index (χ1v) is 9.14. The molecular weight excluding hydrogens is 320 g/mol. The number of rotatable bonds is 5. The van der Waals surface area contributed by atoms with Gasteiger partial charge in [0.2, 0.25) is 0 Å². The van der Waals surface area contributed by atoms with E-state index in [-0.39, 0.29) is 0 Å². The highest BCUT2D eigenvalue weighted by atomic mass is 35.5. The third kappa shape index (κ3) is 3.99. The van der Waals surface area contributed by atoms with Crippen LogP contribution in [0.3, 0.4) is 0 Å². The summed E-state index contributed by atoms with van der Waals surface area (Å²) in [6.07, 6.45) is 4.96. The van der Waals surface area contributed by atoms with Crippen LogP contribution in [0.2, 0.25) is 5.02 Å². The highest BCUT2D eigenvalue weighted by Gasteiger charge is 2.22. The second kappa shape index (κ2) is 7.84. The minimum atomic E-state index is 0.587. The van der Waals surface area contributed by atoms with E-state index in [0.29, 0.717) is 12.6 Å². The van der Waals surface area contributed by atoms with Crippen molar-refractivity contribution < 1.29 is 0 Å². The SMILES string of the molecule is CCC1CCCCN1c1cc(NCc2ccccc2Cl)nc(C)n1. The van der Waals surface area contributed by atoms with Gasteiger partial charge in [0.15, 0.2) is 0 Å². The monoisotopic (exact) mass is 344 g/mol. The van der Waals surface area contributed by atoms with Crippen LogP contribution in [0.4, 0.5) is 11.6 Å². The van der Waals surface area contributed by atoms with E-state index in [0.717, 1.165) is 41.0 Å². The molecule has 0 spiro atoms. The first-order valence-electron chi connectivity index (χ1n) is 8.77. The molecule has 2 heterocycles. The van der Waals surface area contributed by atoms with Gasteiger partial charge in [0.25, 0.3) is 0 Å². The summed E-state index contributed by atoms with van der Waals surface area (Å²) >= 11 is 6.23. The molecule has 1 fully saturated rings. The molecule has 1 N–H and O–H groups in total. The molecule has 24 heavy (non-hydrogen) atoms. The van der Waals surface area contributed by atoms with Gasteiger partial charge in [0, 0.05) is 30.2 Å². The predicted molar refractivity (Wildman–Crippen MR) is 101 cm³/mol. The smallest absolute Gasteiger partial charge is 0.134 e. The van der Waals surface area contributed by atoms with Crippen LogP contribution in [0.5, 0.6) is 0 Å². The van der Waals surface area contributed by atoms with Gasteiger partial charge in [-0.2, -0.15) is 0 Å². The van der Waals surface area contributed by atoms with Crippen LogP contribution in [-0.2, 0) is 6.54 Å². The molecule has 1 atom stereocenters. The maximum atomic E-state index is 6.23. The minimum absolute atomic E-state index is 0.587. The average molecular weight is 345 g/mol. The zero-order valence-electron chi connectivity index (χ0n) is 14.4. The molecule has 1 aromatic carbocycles. The van der Waals surface area contributed by atoms with Crippen LogP contribution in [0.15, 0.2) is 30.3 Å². The number of benzene rings is 1. The molecule has 2 aromatic rings. The number of aromatic nitrogens is 2. The molecule has 4 nitrogen and oxygen atoms in total. The Morgan fingerprint density at radius 2 is 2.08 bits per heavy atom. The summed E-state index contributed by atoms with van der Waals surface area (Å²) in [5, 5.41) is 4.17. The Hall–Kier alpha value is -1.81. The Bertz CT molecular complexity index is 689. The lowest BCUT2D eigenvalue weighted by Crippen LogP contribution is -2.39. The van der Waals surface area contributed by atoms with Crippen molar-refractivity contribution in [2.45, 2.75) is 52.1 Å². The van der Waals surface area contributed by atoms with E-state index < -0.39 is 0 Å². The second-order valence-electron chi connectivity index (χ2n) is 6.35. The van der Waals surface area contributed by atoms with Crippen molar-refractivity contribution >= 4 is 23.2 Å². The van der Waals surface area contributed by atoms with Crippen molar-refractivity contribution in [2.75, 3.05) is 16.8 Å². The quantitative estimate of drug-likeness (QED) is 0.844. The topological polar surface area (TPSA) is 41.0 Å². The van der Waals surface area contributed by atoms with Crippen molar-refractivity contribution in [2.24, 2.45) is 0 Å². The predicted octanol–water partition coefficient (Wildman–Crippen LogP) is 4.82. The molecule has 0 bridgehead atoms. The lowest BCUT2D eigenvalue weighted by atomic mass is 10.00. The standard InChI is InChI=1S/C19H25ClN4/c1-3-16-9-6-7-11-24(16)19-12-18(22-14(2)23-19)21-13-15-8-4-5-10-17(15)20/h4-5,8,10,12,16H,3,6-7,9,11,13H2,1-2H3,(H,21,22,23). The third-order valence-electron chi connectivity index (χ3n) is 4.63. The Kier molecular flexibility index (Phi) is 5.56. The van der Waals surface area contributed by atoms with Crippen molar-refractivity contribution in [3.63, 3.8) is 0 Å². The van der Waals surface area contributed by atoms with Crippen molar-refractivity contribution in [3.05, 3.63) is 46.7 Å². The van der Waals surface area contributed by atoms with Crippen LogP contribution < -0.4 is 10.2 Å². The van der Waals surface area contributed by atoms with Crippen LogP contribution in [0.1, 0.15) is 44.0 Å². The lowest BCUT2D eigenvalue weighted by molar-refractivity contribution is 0.446. The summed E-state index contributed by atoms with van der Waals surface area (Å²) in [7, 11) is 0. The Labute approximate surface area is 149 Å². The first-order chi connectivity index (χ1) is 11.7. The van der Waals surface area contributed by atoms with Gasteiger partial charge in [-0.15, -0.1) is 0 Å². The van der Waals surface area contributed by atoms with Crippen molar-refractivity contribution in [1.29, 1.82) is 0 Å². The molecule has 1 saturated heterocycles. The van der Waals surface area contributed by atoms with Crippen LogP contribution in [0.25, 0.3) is 0 Å². The number of nitrogens with one attached hydrogen (secondary N) is 1. The zero-order valence-corrected chi connectivity index (χ0v) is 15.2. The molecule has 0 aliphatic carbocycles. The number of anilines is 2. The molecule has 5 heteroatoms. The normalized spacial score (nSPS) is 17.8. The van der Waals surface area contributed by atoms with E-state index in [1.807, 2.05) is 31.2 Å². The van der Waals surface area contributed by atoms with Crippen LogP contribution in [-0.4, -0.2) is 22.6 Å². The van der Waals surface area contributed by atoms with Gasteiger partial charge >= 0.3 is 0 Å². The maximum absolute atomic E-state index is 6.23. The van der Waals surface area contributed by atoms with E-state index in [9.17, 15) is 0 Å². The highest BCUT2D eigenvalue weighted by molar-refractivity contribution is 6.31. The zero-order chi connectivity index (χ0) is 16.9. The molecule has 1 aromatic heterocycles. The van der Waals surface area contributed by atoms with Crippen LogP contribution in [0, 0.1) is 6.92 Å². The molecular formula is C19H25ClN4. The molecule has 3 rings (SSSR count). The van der Waals surface area contributed by atoms with Crippen LogP contribution >= 0.6 is 11.6 Å². The summed E-state index contributed by atoms with van der Waals surface area (Å²) in [5.74, 6) is 2.70. The Balaban J connectivity index is 1.77. The molecule has 128 valence electrons. The molecule has 1 aliphatic heterocycles. The fraction of sp³-hybridized carbons (Fsp3) is 0.474. The van der Waals surface area contributed by atoms with E-state index in [2.05, 4.69) is 33.2 Å². The summed E-state index contributed by atoms with van der Waals surface area (Å²) in [6.45, 7) is 5.95. The summed E-state index contributed by atoms with van der Waals surface area (Å²) in [5.41, 5.74) is 1.07. The fourth-order valence-corrected chi connectivity index (χ4v) is 3.55. The largest absolute Gasteiger partial charge is 0.366 e. The van der Waals surface area contributed by atoms with Gasteiger partial charge < -0.3 is 10.2 Å². The van der Waals surface area contributed by atoms with Gasteiger partial charge in [0.1, 0.15) is 17.5 Å². The molecule has 1 unspecified atom stereocenters. The van der Waals surface area contributed by atoms with Gasteiger partial charge in [-0.1, -0.05) is 36.7 Å². The Morgan fingerprint density at radius 1 is 1.25 bits per heavy atom. The van der Waals surface area contributed by atoms with Gasteiger partial charge in [-0.3, -0.25) is 0 Å².